The first-order chi connectivity index (χ1) is 12.3. The number of hydrogen-bond acceptors (Lipinski definition) is 4. The van der Waals surface area contributed by atoms with Gasteiger partial charge in [-0.25, -0.2) is 5.84 Å². The maximum Gasteiger partial charge on any atom is 0.257 e. The van der Waals surface area contributed by atoms with Gasteiger partial charge in [0.25, 0.3) is 5.91 Å². The van der Waals surface area contributed by atoms with Crippen LogP contribution in [-0.4, -0.2) is 29.4 Å². The Balaban J connectivity index is 4.14. The van der Waals surface area contributed by atoms with Crippen LogP contribution in [0.4, 0.5) is 0 Å². The molecule has 0 fully saturated rings. The minimum Gasteiger partial charge on any atom is -0.344 e. The van der Waals surface area contributed by atoms with Crippen LogP contribution in [0.3, 0.4) is 0 Å². The molecule has 0 heterocycles. The monoisotopic (exact) mass is 381 g/mol. The Bertz CT molecular complexity index is 535. The SMILES string of the molecule is CC(=O)NC(CSC/C=C(\C)CC/C=C(\C)CCC=C(C)C)C(=O)NN. The number of amides is 2. The molecule has 0 aromatic rings. The Morgan fingerprint density at radius 1 is 0.962 bits per heavy atom. The average molecular weight is 382 g/mol. The van der Waals surface area contributed by atoms with Crippen molar-refractivity contribution in [3.05, 3.63) is 34.9 Å². The van der Waals surface area contributed by atoms with Gasteiger partial charge in [-0.2, -0.15) is 11.8 Å². The van der Waals surface area contributed by atoms with Crippen LogP contribution < -0.4 is 16.6 Å². The van der Waals surface area contributed by atoms with Crippen LogP contribution in [0.2, 0.25) is 0 Å². The second-order valence-electron chi connectivity index (χ2n) is 6.76. The summed E-state index contributed by atoms with van der Waals surface area (Å²) in [6.07, 6.45) is 11.1. The van der Waals surface area contributed by atoms with E-state index in [1.165, 1.54) is 23.6 Å². The fourth-order valence-corrected chi connectivity index (χ4v) is 3.26. The summed E-state index contributed by atoms with van der Waals surface area (Å²) in [4.78, 5) is 22.7. The van der Waals surface area contributed by atoms with Gasteiger partial charge < -0.3 is 5.32 Å². The maximum absolute atomic E-state index is 11.6. The number of hydrazine groups is 1. The highest BCUT2D eigenvalue weighted by atomic mass is 32.2. The zero-order valence-corrected chi connectivity index (χ0v) is 17.7. The molecule has 0 rings (SSSR count). The van der Waals surface area contributed by atoms with Gasteiger partial charge in [0.1, 0.15) is 6.04 Å². The van der Waals surface area contributed by atoms with Crippen LogP contribution in [0.25, 0.3) is 0 Å². The number of rotatable bonds is 12. The van der Waals surface area contributed by atoms with Crippen LogP contribution in [0, 0.1) is 0 Å². The fraction of sp³-hybridized carbons (Fsp3) is 0.600. The van der Waals surface area contributed by atoms with E-state index in [-0.39, 0.29) is 11.8 Å². The minimum absolute atomic E-state index is 0.238. The van der Waals surface area contributed by atoms with Gasteiger partial charge in [0, 0.05) is 18.4 Å². The van der Waals surface area contributed by atoms with E-state index in [0.717, 1.165) is 31.4 Å². The van der Waals surface area contributed by atoms with Crippen molar-refractivity contribution in [3.63, 3.8) is 0 Å². The van der Waals surface area contributed by atoms with Crippen molar-refractivity contribution in [2.45, 2.75) is 66.3 Å². The number of allylic oxidation sites excluding steroid dienone is 5. The predicted octanol–water partition coefficient (Wildman–Crippen LogP) is 3.63. The predicted molar refractivity (Wildman–Crippen MR) is 113 cm³/mol. The third-order valence-electron chi connectivity index (χ3n) is 3.79. The Morgan fingerprint density at radius 3 is 2.08 bits per heavy atom. The highest BCUT2D eigenvalue weighted by Gasteiger charge is 2.17. The lowest BCUT2D eigenvalue weighted by Crippen LogP contribution is -2.49. The molecule has 0 saturated carbocycles. The van der Waals surface area contributed by atoms with Crippen LogP contribution in [0.1, 0.15) is 60.3 Å². The van der Waals surface area contributed by atoms with Crippen LogP contribution in [-0.2, 0) is 9.59 Å². The normalized spacial score (nSPS) is 13.2. The molecule has 6 heteroatoms. The lowest BCUT2D eigenvalue weighted by molar-refractivity contribution is -0.127. The molecule has 0 aliphatic carbocycles. The van der Waals surface area contributed by atoms with Crippen LogP contribution in [0.5, 0.6) is 0 Å². The lowest BCUT2D eigenvalue weighted by Gasteiger charge is -2.15. The fourth-order valence-electron chi connectivity index (χ4n) is 2.25. The molecule has 26 heavy (non-hydrogen) atoms. The highest BCUT2D eigenvalue weighted by molar-refractivity contribution is 7.99. The van der Waals surface area contributed by atoms with Crippen molar-refractivity contribution in [1.82, 2.24) is 10.7 Å². The molecular formula is C20H35N3O2S. The number of carbonyl (C=O) groups excluding carboxylic acids is 2. The summed E-state index contributed by atoms with van der Waals surface area (Å²) in [6, 6.07) is -0.595. The van der Waals surface area contributed by atoms with E-state index in [1.54, 1.807) is 11.8 Å². The zero-order valence-electron chi connectivity index (χ0n) is 16.9. The van der Waals surface area contributed by atoms with Gasteiger partial charge in [0.2, 0.25) is 5.91 Å². The molecule has 0 bridgehead atoms. The van der Waals surface area contributed by atoms with Gasteiger partial charge in [-0.15, -0.1) is 0 Å². The Morgan fingerprint density at radius 2 is 1.54 bits per heavy atom. The van der Waals surface area contributed by atoms with Gasteiger partial charge in [-0.1, -0.05) is 34.9 Å². The van der Waals surface area contributed by atoms with Crippen LogP contribution >= 0.6 is 11.8 Å². The molecule has 0 aromatic carbocycles. The Kier molecular flexibility index (Phi) is 13.8. The quantitative estimate of drug-likeness (QED) is 0.158. The van der Waals surface area contributed by atoms with Gasteiger partial charge in [0.05, 0.1) is 0 Å². The lowest BCUT2D eigenvalue weighted by atomic mass is 10.1. The smallest absolute Gasteiger partial charge is 0.257 e. The Labute approximate surface area is 162 Å². The summed E-state index contributed by atoms with van der Waals surface area (Å²) in [6.45, 7) is 9.97. The van der Waals surface area contributed by atoms with Crippen molar-refractivity contribution in [2.24, 2.45) is 5.84 Å². The first-order valence-corrected chi connectivity index (χ1v) is 10.2. The van der Waals surface area contributed by atoms with Crippen molar-refractivity contribution in [3.8, 4) is 0 Å². The number of carbonyl (C=O) groups is 2. The summed E-state index contributed by atoms with van der Waals surface area (Å²) < 4.78 is 0. The third kappa shape index (κ3) is 13.7. The van der Waals surface area contributed by atoms with E-state index in [4.69, 9.17) is 5.84 Å². The second-order valence-corrected chi connectivity index (χ2v) is 7.83. The second kappa shape index (κ2) is 14.6. The van der Waals surface area contributed by atoms with Gasteiger partial charge in [-0.05, 0) is 53.4 Å². The summed E-state index contributed by atoms with van der Waals surface area (Å²) in [7, 11) is 0. The zero-order chi connectivity index (χ0) is 19.9. The van der Waals surface area contributed by atoms with E-state index >= 15 is 0 Å². The molecule has 148 valence electrons. The van der Waals surface area contributed by atoms with Crippen molar-refractivity contribution < 1.29 is 9.59 Å². The van der Waals surface area contributed by atoms with Crippen LogP contribution in [0.15, 0.2) is 34.9 Å². The topological polar surface area (TPSA) is 84.2 Å². The van der Waals surface area contributed by atoms with E-state index in [0.29, 0.717) is 5.75 Å². The molecule has 2 amide bonds. The maximum atomic E-state index is 11.6. The summed E-state index contributed by atoms with van der Waals surface area (Å²) >= 11 is 1.60. The summed E-state index contributed by atoms with van der Waals surface area (Å²) in [5, 5.41) is 2.60. The van der Waals surface area contributed by atoms with Crippen molar-refractivity contribution in [1.29, 1.82) is 0 Å². The number of hydrogen-bond donors (Lipinski definition) is 3. The molecule has 0 aromatic heterocycles. The molecule has 0 aliphatic rings. The van der Waals surface area contributed by atoms with E-state index in [9.17, 15) is 9.59 Å². The molecule has 0 saturated heterocycles. The molecular weight excluding hydrogens is 346 g/mol. The molecule has 1 atom stereocenters. The third-order valence-corrected chi connectivity index (χ3v) is 4.76. The largest absolute Gasteiger partial charge is 0.344 e. The van der Waals surface area contributed by atoms with E-state index in [2.05, 4.69) is 56.7 Å². The standard InChI is InChI=1S/C20H35N3O2S/c1-15(2)8-6-9-16(3)10-7-11-17(4)12-13-26-14-19(20(25)23-21)22-18(5)24/h8,10,12,19H,6-7,9,11,13-14,21H2,1-5H3,(H,22,24)(H,23,25)/b16-10+,17-12+. The van der Waals surface area contributed by atoms with Crippen molar-refractivity contribution in [2.75, 3.05) is 11.5 Å². The van der Waals surface area contributed by atoms with Gasteiger partial charge in [0.15, 0.2) is 0 Å². The molecule has 4 N–H and O–H groups in total. The molecule has 1 unspecified atom stereocenters. The first kappa shape index (κ1) is 24.5. The molecule has 0 aliphatic heterocycles. The molecule has 5 nitrogen and oxygen atoms in total. The Hall–Kier alpha value is -1.53. The average Bonchev–Trinajstić information content (AvgIpc) is 2.56. The van der Waals surface area contributed by atoms with Gasteiger partial charge in [-0.3, -0.25) is 15.0 Å². The number of nitrogens with two attached hydrogens (primary N) is 1. The van der Waals surface area contributed by atoms with Crippen molar-refractivity contribution >= 4 is 23.6 Å². The highest BCUT2D eigenvalue weighted by Crippen LogP contribution is 2.13. The van der Waals surface area contributed by atoms with Gasteiger partial charge >= 0.3 is 0 Å². The first-order valence-electron chi connectivity index (χ1n) is 9.06. The summed E-state index contributed by atoms with van der Waals surface area (Å²) in [5.74, 6) is 5.84. The molecule has 0 spiro atoms. The van der Waals surface area contributed by atoms with E-state index in [1.807, 2.05) is 0 Å². The van der Waals surface area contributed by atoms with E-state index < -0.39 is 6.04 Å². The minimum atomic E-state index is -0.595. The number of nitrogens with one attached hydrogen (secondary N) is 2. The summed E-state index contributed by atoms with van der Waals surface area (Å²) in [5.41, 5.74) is 6.24. The number of thioether (sulfide) groups is 1. The molecule has 0 radical (unpaired) electrons.